The summed E-state index contributed by atoms with van der Waals surface area (Å²) in [5, 5.41) is 5.67. The molecular weight excluding hydrogens is 302 g/mol. The molecule has 0 atom stereocenters. The maximum Gasteiger partial charge on any atom is 0.274 e. The first-order valence-electron chi connectivity index (χ1n) is 8.17. The van der Waals surface area contributed by atoms with E-state index < -0.39 is 0 Å². The fourth-order valence-electron chi connectivity index (χ4n) is 2.34. The lowest BCUT2D eigenvalue weighted by molar-refractivity contribution is 0.0953. The largest absolute Gasteiger partial charge is 0.352 e. The molecule has 126 valence electrons. The Labute approximate surface area is 142 Å². The highest BCUT2D eigenvalue weighted by molar-refractivity contribution is 6.05. The molecule has 1 aromatic carbocycles. The Morgan fingerprint density at radius 1 is 1.12 bits per heavy atom. The summed E-state index contributed by atoms with van der Waals surface area (Å²) in [4.78, 5) is 28.6. The van der Waals surface area contributed by atoms with Crippen LogP contribution in [0.5, 0.6) is 0 Å². The predicted octanol–water partition coefficient (Wildman–Crippen LogP) is 3.60. The molecule has 0 fully saturated rings. The van der Waals surface area contributed by atoms with Gasteiger partial charge in [-0.3, -0.25) is 14.6 Å². The van der Waals surface area contributed by atoms with Crippen molar-refractivity contribution >= 4 is 17.5 Å². The van der Waals surface area contributed by atoms with Crippen molar-refractivity contribution in [3.63, 3.8) is 0 Å². The van der Waals surface area contributed by atoms with Crippen LogP contribution < -0.4 is 10.6 Å². The van der Waals surface area contributed by atoms with Gasteiger partial charge in [0.25, 0.3) is 11.8 Å². The maximum absolute atomic E-state index is 12.5. The van der Waals surface area contributed by atoms with Crippen LogP contribution in [0.2, 0.25) is 0 Å². The smallest absolute Gasteiger partial charge is 0.274 e. The Morgan fingerprint density at radius 3 is 2.58 bits per heavy atom. The molecule has 0 saturated heterocycles. The zero-order valence-corrected chi connectivity index (χ0v) is 14.3. The third kappa shape index (κ3) is 4.41. The number of hydrogen-bond acceptors (Lipinski definition) is 3. The summed E-state index contributed by atoms with van der Waals surface area (Å²) in [5.74, 6) is -0.232. The number of benzene rings is 1. The number of rotatable bonds is 6. The van der Waals surface area contributed by atoms with E-state index in [1.54, 1.807) is 6.07 Å². The zero-order valence-electron chi connectivity index (χ0n) is 14.3. The van der Waals surface area contributed by atoms with E-state index in [9.17, 15) is 9.59 Å². The van der Waals surface area contributed by atoms with Gasteiger partial charge in [-0.2, -0.15) is 0 Å². The lowest BCUT2D eigenvalue weighted by Crippen LogP contribution is -2.24. The summed E-state index contributed by atoms with van der Waals surface area (Å²) in [6, 6.07) is 10.8. The molecule has 0 unspecified atom stereocenters. The first-order valence-corrected chi connectivity index (χ1v) is 8.17. The standard InChI is InChI=1S/C19H23N3O2/c1-4-10-21-18(23)14-9-11-20-17(12-14)19(24)22-16-8-6-5-7-15(16)13(2)3/h5-9,11-13H,4,10H2,1-3H3,(H,21,23)(H,22,24). The molecule has 2 aromatic rings. The molecule has 0 bridgehead atoms. The number of nitrogens with zero attached hydrogens (tertiary/aromatic N) is 1. The van der Waals surface area contributed by atoms with E-state index in [2.05, 4.69) is 29.5 Å². The van der Waals surface area contributed by atoms with E-state index in [-0.39, 0.29) is 17.5 Å². The van der Waals surface area contributed by atoms with Crippen molar-refractivity contribution in [1.29, 1.82) is 0 Å². The van der Waals surface area contributed by atoms with E-state index >= 15 is 0 Å². The van der Waals surface area contributed by atoms with Crippen LogP contribution in [-0.2, 0) is 0 Å². The van der Waals surface area contributed by atoms with Gasteiger partial charge in [-0.25, -0.2) is 0 Å². The minimum absolute atomic E-state index is 0.198. The normalized spacial score (nSPS) is 10.5. The van der Waals surface area contributed by atoms with Gasteiger partial charge in [0.05, 0.1) is 0 Å². The van der Waals surface area contributed by atoms with Gasteiger partial charge in [-0.1, -0.05) is 39.0 Å². The van der Waals surface area contributed by atoms with Crippen LogP contribution in [0.4, 0.5) is 5.69 Å². The molecule has 24 heavy (non-hydrogen) atoms. The second-order valence-corrected chi connectivity index (χ2v) is 5.88. The van der Waals surface area contributed by atoms with Crippen molar-refractivity contribution in [2.45, 2.75) is 33.1 Å². The van der Waals surface area contributed by atoms with Crippen LogP contribution >= 0.6 is 0 Å². The Bertz CT molecular complexity index is 726. The molecule has 0 spiro atoms. The first-order chi connectivity index (χ1) is 11.5. The van der Waals surface area contributed by atoms with Crippen LogP contribution in [-0.4, -0.2) is 23.3 Å². The minimum atomic E-state index is -0.326. The highest BCUT2D eigenvalue weighted by Crippen LogP contribution is 2.24. The minimum Gasteiger partial charge on any atom is -0.352 e. The third-order valence-electron chi connectivity index (χ3n) is 3.62. The van der Waals surface area contributed by atoms with E-state index in [1.807, 2.05) is 31.2 Å². The molecule has 1 aromatic heterocycles. The van der Waals surface area contributed by atoms with Crippen LogP contribution in [0.15, 0.2) is 42.6 Å². The molecule has 0 aliphatic heterocycles. The number of nitrogens with one attached hydrogen (secondary N) is 2. The maximum atomic E-state index is 12.5. The van der Waals surface area contributed by atoms with Crippen molar-refractivity contribution in [2.24, 2.45) is 0 Å². The van der Waals surface area contributed by atoms with Gasteiger partial charge >= 0.3 is 0 Å². The van der Waals surface area contributed by atoms with Gasteiger partial charge in [0.1, 0.15) is 5.69 Å². The fraction of sp³-hybridized carbons (Fsp3) is 0.316. The quantitative estimate of drug-likeness (QED) is 0.852. The Kier molecular flexibility index (Phi) is 6.07. The zero-order chi connectivity index (χ0) is 17.5. The van der Waals surface area contributed by atoms with Crippen molar-refractivity contribution in [3.8, 4) is 0 Å². The Balaban J connectivity index is 2.18. The summed E-state index contributed by atoms with van der Waals surface area (Å²) >= 11 is 0. The molecule has 2 amide bonds. The average molecular weight is 325 g/mol. The fourth-order valence-corrected chi connectivity index (χ4v) is 2.34. The van der Waals surface area contributed by atoms with E-state index in [0.29, 0.717) is 18.0 Å². The SMILES string of the molecule is CCCNC(=O)c1ccnc(C(=O)Nc2ccccc2C(C)C)c1. The molecule has 2 rings (SSSR count). The summed E-state index contributed by atoms with van der Waals surface area (Å²) in [6.07, 6.45) is 2.33. The molecule has 0 aliphatic carbocycles. The highest BCUT2D eigenvalue weighted by Gasteiger charge is 2.14. The number of pyridine rings is 1. The molecule has 0 radical (unpaired) electrons. The van der Waals surface area contributed by atoms with Crippen LogP contribution in [0.3, 0.4) is 0 Å². The number of para-hydroxylation sites is 1. The average Bonchev–Trinajstić information content (AvgIpc) is 2.60. The van der Waals surface area contributed by atoms with Crippen LogP contribution in [0.25, 0.3) is 0 Å². The highest BCUT2D eigenvalue weighted by atomic mass is 16.2. The number of aromatic nitrogens is 1. The lowest BCUT2D eigenvalue weighted by atomic mass is 10.0. The van der Waals surface area contributed by atoms with Gasteiger partial charge in [0, 0.05) is 24.0 Å². The van der Waals surface area contributed by atoms with Gasteiger partial charge in [0.15, 0.2) is 0 Å². The van der Waals surface area contributed by atoms with Gasteiger partial charge in [0.2, 0.25) is 0 Å². The summed E-state index contributed by atoms with van der Waals surface area (Å²) in [6.45, 7) is 6.73. The molecule has 5 heteroatoms. The van der Waals surface area contributed by atoms with Crippen LogP contribution in [0, 0.1) is 0 Å². The van der Waals surface area contributed by atoms with E-state index in [1.165, 1.54) is 12.3 Å². The number of amides is 2. The number of anilines is 1. The molecule has 0 aliphatic rings. The summed E-state index contributed by atoms with van der Waals surface area (Å²) < 4.78 is 0. The number of carbonyl (C=O) groups excluding carboxylic acids is 2. The molecule has 2 N–H and O–H groups in total. The third-order valence-corrected chi connectivity index (χ3v) is 3.62. The number of hydrogen-bond donors (Lipinski definition) is 2. The monoisotopic (exact) mass is 325 g/mol. The van der Waals surface area contributed by atoms with Crippen molar-refractivity contribution in [2.75, 3.05) is 11.9 Å². The van der Waals surface area contributed by atoms with Gasteiger partial charge in [-0.15, -0.1) is 0 Å². The molecule has 1 heterocycles. The lowest BCUT2D eigenvalue weighted by Gasteiger charge is -2.13. The van der Waals surface area contributed by atoms with Crippen LogP contribution in [0.1, 0.15) is 59.5 Å². The summed E-state index contributed by atoms with van der Waals surface area (Å²) in [5.41, 5.74) is 2.47. The topological polar surface area (TPSA) is 71.1 Å². The molecule has 0 saturated carbocycles. The summed E-state index contributed by atoms with van der Waals surface area (Å²) in [7, 11) is 0. The second-order valence-electron chi connectivity index (χ2n) is 5.88. The predicted molar refractivity (Wildman–Crippen MR) is 95.3 cm³/mol. The van der Waals surface area contributed by atoms with Gasteiger partial charge in [-0.05, 0) is 36.1 Å². The van der Waals surface area contributed by atoms with Crippen molar-refractivity contribution in [1.82, 2.24) is 10.3 Å². The van der Waals surface area contributed by atoms with E-state index in [4.69, 9.17) is 0 Å². The van der Waals surface area contributed by atoms with Crippen molar-refractivity contribution < 1.29 is 9.59 Å². The first kappa shape index (κ1) is 17.7. The Morgan fingerprint density at radius 2 is 1.88 bits per heavy atom. The van der Waals surface area contributed by atoms with E-state index in [0.717, 1.165) is 17.7 Å². The second kappa shape index (κ2) is 8.24. The number of carbonyl (C=O) groups is 2. The molecular formula is C19H23N3O2. The molecule has 5 nitrogen and oxygen atoms in total. The Hall–Kier alpha value is -2.69. The van der Waals surface area contributed by atoms with Gasteiger partial charge < -0.3 is 10.6 Å². The van der Waals surface area contributed by atoms with Crippen molar-refractivity contribution in [3.05, 3.63) is 59.4 Å².